The molecule has 0 saturated heterocycles. The highest BCUT2D eigenvalue weighted by atomic mass is 19.1. The summed E-state index contributed by atoms with van der Waals surface area (Å²) in [6.07, 6.45) is 3.35. The topological polar surface area (TPSA) is 103 Å². The number of fused-ring (bicyclic) bond motifs is 1. The quantitative estimate of drug-likeness (QED) is 0.414. The zero-order valence-corrected chi connectivity index (χ0v) is 19.5. The molecule has 0 atom stereocenters. The highest BCUT2D eigenvalue weighted by molar-refractivity contribution is 5.98. The van der Waals surface area contributed by atoms with Gasteiger partial charge in [0.1, 0.15) is 22.9 Å². The van der Waals surface area contributed by atoms with E-state index in [-0.39, 0.29) is 12.4 Å². The third-order valence-electron chi connectivity index (χ3n) is 5.65. The van der Waals surface area contributed by atoms with Gasteiger partial charge < -0.3 is 15.8 Å². The molecule has 4 rings (SSSR count). The zero-order chi connectivity index (χ0) is 24.5. The lowest BCUT2D eigenvalue weighted by Gasteiger charge is -2.22. The highest BCUT2D eigenvalue weighted by Gasteiger charge is 2.25. The van der Waals surface area contributed by atoms with Gasteiger partial charge in [0, 0.05) is 29.9 Å². The van der Waals surface area contributed by atoms with Gasteiger partial charge in [-0.15, -0.1) is 0 Å². The van der Waals surface area contributed by atoms with Crippen molar-refractivity contribution in [2.45, 2.75) is 20.8 Å². The maximum absolute atomic E-state index is 14.1. The fraction of sp³-hybridized carbons (Fsp3) is 0.231. The van der Waals surface area contributed by atoms with Gasteiger partial charge in [-0.3, -0.25) is 9.78 Å². The Bertz CT molecular complexity index is 1350. The summed E-state index contributed by atoms with van der Waals surface area (Å²) in [7, 11) is 1.56. The Morgan fingerprint density at radius 3 is 2.53 bits per heavy atom. The van der Waals surface area contributed by atoms with Crippen molar-refractivity contribution >= 4 is 22.6 Å². The maximum atomic E-state index is 14.1. The van der Waals surface area contributed by atoms with Gasteiger partial charge >= 0.3 is 0 Å². The summed E-state index contributed by atoms with van der Waals surface area (Å²) >= 11 is 0. The van der Waals surface area contributed by atoms with E-state index < -0.39 is 11.3 Å². The SMILES string of the molecule is COc1cc(-c2cc(C)cc(F)c2)cc2c(NCC(C)(C)C(N)=O)nc(-c3cccnc3)nc12. The molecule has 4 aromatic rings. The number of hydrogen-bond acceptors (Lipinski definition) is 6. The van der Waals surface area contributed by atoms with E-state index in [0.29, 0.717) is 33.9 Å². The number of carbonyl (C=O) groups is 1. The fourth-order valence-corrected chi connectivity index (χ4v) is 3.58. The van der Waals surface area contributed by atoms with Gasteiger partial charge in [0.05, 0.1) is 12.5 Å². The van der Waals surface area contributed by atoms with Crippen LogP contribution in [0.5, 0.6) is 5.75 Å². The molecule has 0 aliphatic carbocycles. The number of halogens is 1. The van der Waals surface area contributed by atoms with E-state index in [4.69, 9.17) is 20.4 Å². The average Bonchev–Trinajstić information content (AvgIpc) is 2.81. The van der Waals surface area contributed by atoms with E-state index in [1.54, 1.807) is 39.4 Å². The monoisotopic (exact) mass is 459 g/mol. The smallest absolute Gasteiger partial charge is 0.224 e. The number of carbonyl (C=O) groups excluding carboxylic acids is 1. The number of methoxy groups -OCH3 is 1. The fourth-order valence-electron chi connectivity index (χ4n) is 3.58. The molecule has 0 aliphatic rings. The predicted octanol–water partition coefficient (Wildman–Crippen LogP) is 4.74. The zero-order valence-electron chi connectivity index (χ0n) is 19.5. The van der Waals surface area contributed by atoms with Crippen LogP contribution in [0.4, 0.5) is 10.2 Å². The van der Waals surface area contributed by atoms with Crippen LogP contribution >= 0.6 is 0 Å². The van der Waals surface area contributed by atoms with Crippen LogP contribution in [0.3, 0.4) is 0 Å². The molecule has 7 nitrogen and oxygen atoms in total. The molecular formula is C26H26FN5O2. The minimum Gasteiger partial charge on any atom is -0.494 e. The molecule has 8 heteroatoms. The van der Waals surface area contributed by atoms with Gasteiger partial charge in [-0.2, -0.15) is 0 Å². The van der Waals surface area contributed by atoms with E-state index >= 15 is 0 Å². The summed E-state index contributed by atoms with van der Waals surface area (Å²) < 4.78 is 19.8. The van der Waals surface area contributed by atoms with Crippen molar-refractivity contribution < 1.29 is 13.9 Å². The molecule has 34 heavy (non-hydrogen) atoms. The first-order valence-corrected chi connectivity index (χ1v) is 10.8. The van der Waals surface area contributed by atoms with Gasteiger partial charge in [-0.1, -0.05) is 6.07 Å². The van der Waals surface area contributed by atoms with E-state index in [9.17, 15) is 9.18 Å². The number of aryl methyl sites for hydroxylation is 1. The van der Waals surface area contributed by atoms with Crippen LogP contribution in [0, 0.1) is 18.2 Å². The minimum atomic E-state index is -0.812. The van der Waals surface area contributed by atoms with E-state index in [2.05, 4.69) is 10.3 Å². The summed E-state index contributed by atoms with van der Waals surface area (Å²) in [5, 5.41) is 3.94. The number of benzene rings is 2. The van der Waals surface area contributed by atoms with Gasteiger partial charge in [0.25, 0.3) is 0 Å². The molecule has 1 amide bonds. The number of nitrogens with one attached hydrogen (secondary N) is 1. The summed E-state index contributed by atoms with van der Waals surface area (Å²) in [4.78, 5) is 25.5. The van der Waals surface area contributed by atoms with Crippen LogP contribution in [0.25, 0.3) is 33.4 Å². The van der Waals surface area contributed by atoms with E-state index in [1.165, 1.54) is 12.1 Å². The molecular weight excluding hydrogens is 433 g/mol. The van der Waals surface area contributed by atoms with Crippen molar-refractivity contribution in [2.24, 2.45) is 11.1 Å². The number of nitrogens with two attached hydrogens (primary N) is 1. The minimum absolute atomic E-state index is 0.256. The Balaban J connectivity index is 1.94. The van der Waals surface area contributed by atoms with Crippen molar-refractivity contribution in [3.8, 4) is 28.3 Å². The van der Waals surface area contributed by atoms with Crippen LogP contribution in [0.1, 0.15) is 19.4 Å². The second-order valence-corrected chi connectivity index (χ2v) is 8.83. The molecule has 2 heterocycles. The molecule has 0 saturated carbocycles. The van der Waals surface area contributed by atoms with Crippen molar-refractivity contribution in [2.75, 3.05) is 19.0 Å². The first-order chi connectivity index (χ1) is 16.2. The number of aromatic nitrogens is 3. The molecule has 3 N–H and O–H groups in total. The van der Waals surface area contributed by atoms with Gasteiger partial charge in [-0.05, 0) is 73.9 Å². The Kier molecular flexibility index (Phi) is 6.15. The summed E-state index contributed by atoms with van der Waals surface area (Å²) in [5.41, 5.74) is 8.32. The number of anilines is 1. The second-order valence-electron chi connectivity index (χ2n) is 8.83. The maximum Gasteiger partial charge on any atom is 0.224 e. The Morgan fingerprint density at radius 1 is 1.12 bits per heavy atom. The second kappa shape index (κ2) is 9.05. The molecule has 0 fully saturated rings. The van der Waals surface area contributed by atoms with Crippen molar-refractivity contribution in [1.29, 1.82) is 0 Å². The summed E-state index contributed by atoms with van der Waals surface area (Å²) in [6, 6.07) is 12.2. The number of hydrogen-bond donors (Lipinski definition) is 2. The molecule has 0 spiro atoms. The molecule has 2 aromatic carbocycles. The van der Waals surface area contributed by atoms with E-state index in [0.717, 1.165) is 16.7 Å². The van der Waals surface area contributed by atoms with Crippen molar-refractivity contribution in [3.63, 3.8) is 0 Å². The Hall–Kier alpha value is -4.07. The van der Waals surface area contributed by atoms with Crippen LogP contribution in [0.2, 0.25) is 0 Å². The highest BCUT2D eigenvalue weighted by Crippen LogP contribution is 2.36. The molecule has 0 unspecified atom stereocenters. The van der Waals surface area contributed by atoms with Crippen molar-refractivity contribution in [3.05, 3.63) is 66.2 Å². The first kappa shape index (κ1) is 23.1. The number of pyridine rings is 1. The lowest BCUT2D eigenvalue weighted by molar-refractivity contribution is -0.125. The van der Waals surface area contributed by atoms with E-state index in [1.807, 2.05) is 31.2 Å². The van der Waals surface area contributed by atoms with Crippen molar-refractivity contribution in [1.82, 2.24) is 15.0 Å². The molecule has 0 bridgehead atoms. The number of amides is 1. The molecule has 0 radical (unpaired) electrons. The molecule has 2 aromatic heterocycles. The third kappa shape index (κ3) is 4.66. The van der Waals surface area contributed by atoms with Gasteiger partial charge in [0.2, 0.25) is 5.91 Å². The molecule has 0 aliphatic heterocycles. The van der Waals surface area contributed by atoms with Crippen LogP contribution in [-0.4, -0.2) is 34.5 Å². The van der Waals surface area contributed by atoms with Crippen LogP contribution < -0.4 is 15.8 Å². The number of primary amides is 1. The third-order valence-corrected chi connectivity index (χ3v) is 5.65. The number of nitrogens with zero attached hydrogens (tertiary/aromatic N) is 3. The average molecular weight is 460 g/mol. The normalized spacial score (nSPS) is 11.4. The Labute approximate surface area is 197 Å². The standard InChI is InChI=1S/C26H26FN5O2/c1-15-8-17(10-19(27)9-15)18-11-20-22(21(12-18)34-4)31-23(16-6-5-7-29-13-16)32-24(20)30-14-26(2,3)25(28)33/h5-13H,14H2,1-4H3,(H2,28,33)(H,30,31,32). The number of rotatable bonds is 7. The van der Waals surface area contributed by atoms with Crippen LogP contribution in [-0.2, 0) is 4.79 Å². The van der Waals surface area contributed by atoms with Crippen LogP contribution in [0.15, 0.2) is 54.9 Å². The predicted molar refractivity (Wildman–Crippen MR) is 131 cm³/mol. The summed E-state index contributed by atoms with van der Waals surface area (Å²) in [6.45, 7) is 5.62. The molecule has 174 valence electrons. The van der Waals surface area contributed by atoms with Gasteiger partial charge in [0.15, 0.2) is 5.82 Å². The van der Waals surface area contributed by atoms with Gasteiger partial charge in [-0.25, -0.2) is 14.4 Å². The Morgan fingerprint density at radius 2 is 1.88 bits per heavy atom. The first-order valence-electron chi connectivity index (χ1n) is 10.8. The lowest BCUT2D eigenvalue weighted by Crippen LogP contribution is -2.37. The largest absolute Gasteiger partial charge is 0.494 e. The lowest BCUT2D eigenvalue weighted by atomic mass is 9.92. The summed E-state index contributed by atoms with van der Waals surface area (Å²) in [5.74, 6) is 0.719. The number of ether oxygens (including phenoxy) is 1.